The molecule has 1 aliphatic rings. The zero-order chi connectivity index (χ0) is 16.9. The molecule has 4 atom stereocenters. The van der Waals surface area contributed by atoms with Crippen molar-refractivity contribution in [1.82, 2.24) is 0 Å². The van der Waals surface area contributed by atoms with Gasteiger partial charge in [0.25, 0.3) is 0 Å². The van der Waals surface area contributed by atoms with E-state index in [0.717, 1.165) is 0 Å². The van der Waals surface area contributed by atoms with E-state index in [1.54, 1.807) is 13.8 Å². The second kappa shape index (κ2) is 8.42. The summed E-state index contributed by atoms with van der Waals surface area (Å²) in [6.45, 7) is 3.50. The molecule has 22 heavy (non-hydrogen) atoms. The average molecular weight is 320 g/mol. The van der Waals surface area contributed by atoms with Crippen LogP contribution >= 0.6 is 0 Å². The molecule has 0 bridgehead atoms. The number of carbonyl (C=O) groups excluding carboxylic acids is 2. The van der Waals surface area contributed by atoms with Gasteiger partial charge in [0.05, 0.1) is 0 Å². The van der Waals surface area contributed by atoms with Crippen LogP contribution in [0.5, 0.6) is 0 Å². The normalized spacial score (nSPS) is 35.0. The summed E-state index contributed by atoms with van der Waals surface area (Å²) in [6, 6.07) is 0. The molecule has 4 N–H and O–H groups in total. The van der Waals surface area contributed by atoms with E-state index in [9.17, 15) is 30.0 Å². The van der Waals surface area contributed by atoms with Crippen molar-refractivity contribution >= 4 is 11.9 Å². The summed E-state index contributed by atoms with van der Waals surface area (Å²) >= 11 is 0. The Kier molecular flexibility index (Phi) is 7.21. The lowest BCUT2D eigenvalue weighted by Gasteiger charge is -2.42. The molecule has 0 saturated heterocycles. The lowest BCUT2D eigenvalue weighted by Crippen LogP contribution is -2.65. The second-order valence-corrected chi connectivity index (χ2v) is 5.37. The Bertz CT molecular complexity index is 333. The van der Waals surface area contributed by atoms with Crippen molar-refractivity contribution in [3.63, 3.8) is 0 Å². The van der Waals surface area contributed by atoms with E-state index >= 15 is 0 Å². The second-order valence-electron chi connectivity index (χ2n) is 5.37. The van der Waals surface area contributed by atoms with Crippen LogP contribution in [0.4, 0.5) is 0 Å². The topological polar surface area (TPSA) is 134 Å². The summed E-state index contributed by atoms with van der Waals surface area (Å²) < 4.78 is 9.80. The zero-order valence-corrected chi connectivity index (χ0v) is 12.7. The first-order valence-corrected chi connectivity index (χ1v) is 7.44. The summed E-state index contributed by atoms with van der Waals surface area (Å²) in [5.41, 5.74) is 0. The molecule has 0 aliphatic heterocycles. The molecule has 128 valence electrons. The van der Waals surface area contributed by atoms with E-state index < -0.39 is 48.6 Å². The minimum absolute atomic E-state index is 0.0804. The molecule has 1 rings (SSSR count). The Morgan fingerprint density at radius 3 is 1.23 bits per heavy atom. The van der Waals surface area contributed by atoms with E-state index in [1.165, 1.54) is 0 Å². The van der Waals surface area contributed by atoms with E-state index in [0.29, 0.717) is 12.8 Å². The van der Waals surface area contributed by atoms with Gasteiger partial charge in [-0.1, -0.05) is 13.8 Å². The van der Waals surface area contributed by atoms with Gasteiger partial charge in [-0.15, -0.1) is 0 Å². The summed E-state index contributed by atoms with van der Waals surface area (Å²) in [6.07, 6.45) is -8.45. The molecular weight excluding hydrogens is 296 g/mol. The first-order chi connectivity index (χ1) is 10.3. The molecule has 0 aromatic heterocycles. The highest BCUT2D eigenvalue weighted by Crippen LogP contribution is 2.26. The third-order valence-electron chi connectivity index (χ3n) is 3.49. The predicted molar refractivity (Wildman–Crippen MR) is 73.6 cm³/mol. The maximum absolute atomic E-state index is 11.5. The molecule has 4 unspecified atom stereocenters. The van der Waals surface area contributed by atoms with Gasteiger partial charge in [-0.05, 0) is 12.8 Å². The molecule has 1 fully saturated rings. The quantitative estimate of drug-likeness (QED) is 0.452. The van der Waals surface area contributed by atoms with Crippen molar-refractivity contribution in [2.75, 3.05) is 0 Å². The van der Waals surface area contributed by atoms with Crippen LogP contribution < -0.4 is 0 Å². The summed E-state index contributed by atoms with van der Waals surface area (Å²) in [7, 11) is 0. The minimum atomic E-state index is -1.67. The average Bonchev–Trinajstić information content (AvgIpc) is 2.47. The lowest BCUT2D eigenvalue weighted by molar-refractivity contribution is -0.241. The molecule has 0 amide bonds. The van der Waals surface area contributed by atoms with Crippen LogP contribution in [0.25, 0.3) is 0 Å². The molecule has 8 heteroatoms. The first-order valence-electron chi connectivity index (χ1n) is 7.44. The smallest absolute Gasteiger partial charge is 0.306 e. The molecule has 0 aromatic rings. The highest BCUT2D eigenvalue weighted by molar-refractivity contribution is 5.70. The Balaban J connectivity index is 2.78. The van der Waals surface area contributed by atoms with Crippen molar-refractivity contribution in [3.05, 3.63) is 0 Å². The van der Waals surface area contributed by atoms with Gasteiger partial charge in [-0.25, -0.2) is 0 Å². The van der Waals surface area contributed by atoms with Gasteiger partial charge in [-0.2, -0.15) is 0 Å². The summed E-state index contributed by atoms with van der Waals surface area (Å²) in [5, 5.41) is 39.9. The van der Waals surface area contributed by atoms with Crippen LogP contribution in [0.15, 0.2) is 0 Å². The standard InChI is InChI=1S/C14H24O8/c1-3-5-7(15)21-13-9(17)11(19)14(12(20)10(13)18)22-8(16)6-4-2/h9-14,17-20H,3-6H2,1-2H3. The fourth-order valence-electron chi connectivity index (χ4n) is 2.29. The van der Waals surface area contributed by atoms with E-state index in [2.05, 4.69) is 0 Å². The summed E-state index contributed by atoms with van der Waals surface area (Å²) in [5.74, 6) is -1.32. The fourth-order valence-corrected chi connectivity index (χ4v) is 2.29. The Morgan fingerprint density at radius 1 is 0.727 bits per heavy atom. The largest absolute Gasteiger partial charge is 0.457 e. The first kappa shape index (κ1) is 18.8. The Labute approximate surface area is 128 Å². The Hall–Kier alpha value is -1.22. The minimum Gasteiger partial charge on any atom is -0.457 e. The molecule has 0 aromatic carbocycles. The van der Waals surface area contributed by atoms with Gasteiger partial charge in [0, 0.05) is 12.8 Å². The summed E-state index contributed by atoms with van der Waals surface area (Å²) in [4.78, 5) is 22.9. The molecule has 1 aliphatic carbocycles. The van der Waals surface area contributed by atoms with E-state index in [-0.39, 0.29) is 12.8 Å². The Morgan fingerprint density at radius 2 is 1.00 bits per heavy atom. The van der Waals surface area contributed by atoms with Crippen LogP contribution in [0.3, 0.4) is 0 Å². The van der Waals surface area contributed by atoms with E-state index in [1.807, 2.05) is 0 Å². The van der Waals surface area contributed by atoms with Gasteiger partial charge in [-0.3, -0.25) is 9.59 Å². The van der Waals surface area contributed by atoms with Crippen molar-refractivity contribution in [1.29, 1.82) is 0 Å². The zero-order valence-electron chi connectivity index (χ0n) is 12.7. The maximum atomic E-state index is 11.5. The monoisotopic (exact) mass is 320 g/mol. The van der Waals surface area contributed by atoms with E-state index in [4.69, 9.17) is 9.47 Å². The molecule has 8 nitrogen and oxygen atoms in total. The van der Waals surface area contributed by atoms with Crippen LogP contribution in [0, 0.1) is 0 Å². The van der Waals surface area contributed by atoms with Crippen molar-refractivity contribution < 1.29 is 39.5 Å². The third-order valence-corrected chi connectivity index (χ3v) is 3.49. The molecule has 0 heterocycles. The van der Waals surface area contributed by atoms with Crippen molar-refractivity contribution in [3.8, 4) is 0 Å². The third kappa shape index (κ3) is 4.39. The SMILES string of the molecule is CCCC(=O)OC1C(O)C(O)C(OC(=O)CCC)C(O)C1O. The highest BCUT2D eigenvalue weighted by atomic mass is 16.6. The van der Waals surface area contributed by atoms with Gasteiger partial charge in [0.2, 0.25) is 0 Å². The lowest BCUT2D eigenvalue weighted by atomic mass is 9.84. The number of hydrogen-bond acceptors (Lipinski definition) is 8. The van der Waals surface area contributed by atoms with Crippen molar-refractivity contribution in [2.24, 2.45) is 0 Å². The van der Waals surface area contributed by atoms with Crippen LogP contribution in [-0.2, 0) is 19.1 Å². The van der Waals surface area contributed by atoms with Crippen LogP contribution in [0.2, 0.25) is 0 Å². The van der Waals surface area contributed by atoms with Gasteiger partial charge in [0.1, 0.15) is 24.4 Å². The van der Waals surface area contributed by atoms with Gasteiger partial charge < -0.3 is 29.9 Å². The molecule has 0 radical (unpaired) electrons. The predicted octanol–water partition coefficient (Wildman–Crippen LogP) is -1.13. The maximum Gasteiger partial charge on any atom is 0.306 e. The number of aliphatic hydroxyl groups excluding tert-OH is 4. The van der Waals surface area contributed by atoms with Crippen LogP contribution in [0.1, 0.15) is 39.5 Å². The van der Waals surface area contributed by atoms with Crippen LogP contribution in [-0.4, -0.2) is 69.0 Å². The number of rotatable bonds is 6. The number of esters is 2. The fraction of sp³-hybridized carbons (Fsp3) is 0.857. The molecule has 1 saturated carbocycles. The van der Waals surface area contributed by atoms with Gasteiger partial charge in [0.15, 0.2) is 12.2 Å². The van der Waals surface area contributed by atoms with Crippen molar-refractivity contribution in [2.45, 2.75) is 76.2 Å². The number of hydrogen-bond donors (Lipinski definition) is 4. The number of aliphatic hydroxyl groups is 4. The number of ether oxygens (including phenoxy) is 2. The highest BCUT2D eigenvalue weighted by Gasteiger charge is 2.52. The molecular formula is C14H24O8. The molecule has 0 spiro atoms. The van der Waals surface area contributed by atoms with Gasteiger partial charge >= 0.3 is 11.9 Å². The number of carbonyl (C=O) groups is 2.